The summed E-state index contributed by atoms with van der Waals surface area (Å²) in [7, 11) is -3.49. The van der Waals surface area contributed by atoms with Crippen LogP contribution in [0.15, 0.2) is 59.5 Å². The van der Waals surface area contributed by atoms with E-state index in [1.807, 2.05) is 37.3 Å². The number of alkyl halides is 1. The van der Waals surface area contributed by atoms with E-state index in [-0.39, 0.29) is 11.0 Å². The smallest absolute Gasteiger partial charge is 0.240 e. The quantitative estimate of drug-likeness (QED) is 0.638. The molecule has 0 bridgehead atoms. The zero-order valence-corrected chi connectivity index (χ0v) is 16.0. The highest BCUT2D eigenvalue weighted by atomic mass is 79.9. The topological polar surface area (TPSA) is 55.4 Å². The Hall–Kier alpha value is -1.21. The number of hydrogen-bond donors (Lipinski definition) is 1. The molecule has 24 heavy (non-hydrogen) atoms. The lowest BCUT2D eigenvalue weighted by Crippen LogP contribution is -2.26. The number of ether oxygens (including phenoxy) is 1. The highest BCUT2D eigenvalue weighted by molar-refractivity contribution is 9.09. The summed E-state index contributed by atoms with van der Waals surface area (Å²) in [4.78, 5) is 0.283. The third-order valence-corrected chi connectivity index (χ3v) is 5.40. The molecule has 0 saturated carbocycles. The Kier molecular flexibility index (Phi) is 7.42. The molecule has 130 valence electrons. The third kappa shape index (κ3) is 5.70. The SMILES string of the molecule is Cc1ccc(S(=O)(=O)NCC[C@@H](OCCBr)c2ccccc2)cc1. The van der Waals surface area contributed by atoms with Gasteiger partial charge in [-0.2, -0.15) is 0 Å². The largest absolute Gasteiger partial charge is 0.373 e. The molecule has 0 fully saturated rings. The van der Waals surface area contributed by atoms with Crippen LogP contribution in [0.1, 0.15) is 23.7 Å². The van der Waals surface area contributed by atoms with Crippen molar-refractivity contribution in [1.82, 2.24) is 4.72 Å². The number of hydrogen-bond acceptors (Lipinski definition) is 3. The fourth-order valence-corrected chi connectivity index (χ4v) is 3.56. The highest BCUT2D eigenvalue weighted by Crippen LogP contribution is 2.21. The average Bonchev–Trinajstić information content (AvgIpc) is 2.59. The van der Waals surface area contributed by atoms with Crippen LogP contribution >= 0.6 is 15.9 Å². The van der Waals surface area contributed by atoms with Gasteiger partial charge in [0.05, 0.1) is 17.6 Å². The molecule has 0 aromatic heterocycles. The first-order valence-corrected chi connectivity index (χ1v) is 10.4. The molecule has 0 spiro atoms. The molecule has 1 atom stereocenters. The second kappa shape index (κ2) is 9.32. The van der Waals surface area contributed by atoms with Crippen LogP contribution in [0, 0.1) is 6.92 Å². The van der Waals surface area contributed by atoms with Gasteiger partial charge in [-0.15, -0.1) is 0 Å². The molecule has 0 aliphatic rings. The lowest BCUT2D eigenvalue weighted by molar-refractivity contribution is 0.0597. The number of benzene rings is 2. The summed E-state index contributed by atoms with van der Waals surface area (Å²) >= 11 is 3.35. The minimum atomic E-state index is -3.49. The second-order valence-electron chi connectivity index (χ2n) is 5.46. The number of nitrogens with one attached hydrogen (secondary N) is 1. The molecule has 1 N–H and O–H groups in total. The standard InChI is InChI=1S/C18H22BrNO3S/c1-15-7-9-17(10-8-15)24(21,22)20-13-11-18(23-14-12-19)16-5-3-2-4-6-16/h2-10,18,20H,11-14H2,1H3/t18-/m1/s1. The summed E-state index contributed by atoms with van der Waals surface area (Å²) in [6.07, 6.45) is 0.437. The van der Waals surface area contributed by atoms with E-state index in [4.69, 9.17) is 4.74 Å². The van der Waals surface area contributed by atoms with Crippen LogP contribution < -0.4 is 4.72 Å². The van der Waals surface area contributed by atoms with Gasteiger partial charge in [-0.3, -0.25) is 0 Å². The summed E-state index contributed by atoms with van der Waals surface area (Å²) in [6.45, 7) is 2.82. The van der Waals surface area contributed by atoms with Crippen LogP contribution in [-0.4, -0.2) is 26.9 Å². The van der Waals surface area contributed by atoms with Gasteiger partial charge in [0.15, 0.2) is 0 Å². The molecule has 0 amide bonds. The molecule has 6 heteroatoms. The van der Waals surface area contributed by atoms with Crippen LogP contribution in [-0.2, 0) is 14.8 Å². The van der Waals surface area contributed by atoms with Gasteiger partial charge in [-0.05, 0) is 31.0 Å². The van der Waals surface area contributed by atoms with Gasteiger partial charge in [0.1, 0.15) is 0 Å². The van der Waals surface area contributed by atoms with Crippen molar-refractivity contribution in [3.63, 3.8) is 0 Å². The van der Waals surface area contributed by atoms with Crippen LogP contribution in [0.25, 0.3) is 0 Å². The summed E-state index contributed by atoms with van der Waals surface area (Å²) in [5.41, 5.74) is 2.08. The number of sulfonamides is 1. The van der Waals surface area contributed by atoms with Crippen molar-refractivity contribution < 1.29 is 13.2 Å². The monoisotopic (exact) mass is 411 g/mol. The van der Waals surface area contributed by atoms with Crippen molar-refractivity contribution in [1.29, 1.82) is 0 Å². The lowest BCUT2D eigenvalue weighted by atomic mass is 10.1. The van der Waals surface area contributed by atoms with Gasteiger partial charge in [-0.25, -0.2) is 13.1 Å². The van der Waals surface area contributed by atoms with Gasteiger partial charge in [0.25, 0.3) is 0 Å². The third-order valence-electron chi connectivity index (χ3n) is 3.60. The van der Waals surface area contributed by atoms with E-state index in [1.54, 1.807) is 24.3 Å². The molecule has 0 radical (unpaired) electrons. The minimum absolute atomic E-state index is 0.135. The maximum atomic E-state index is 12.3. The maximum absolute atomic E-state index is 12.3. The van der Waals surface area contributed by atoms with E-state index in [1.165, 1.54) is 0 Å². The van der Waals surface area contributed by atoms with Crippen molar-refractivity contribution in [2.24, 2.45) is 0 Å². The Morgan fingerprint density at radius 1 is 1.08 bits per heavy atom. The van der Waals surface area contributed by atoms with Crippen LogP contribution in [0.2, 0.25) is 0 Å². The van der Waals surface area contributed by atoms with E-state index in [2.05, 4.69) is 20.7 Å². The number of rotatable bonds is 9. The Morgan fingerprint density at radius 3 is 2.38 bits per heavy atom. The first kappa shape index (κ1) is 19.1. The average molecular weight is 412 g/mol. The van der Waals surface area contributed by atoms with Gasteiger partial charge in [-0.1, -0.05) is 64.0 Å². The van der Waals surface area contributed by atoms with Gasteiger partial charge >= 0.3 is 0 Å². The van der Waals surface area contributed by atoms with Gasteiger partial charge in [0, 0.05) is 11.9 Å². The normalized spacial score (nSPS) is 12.9. The molecule has 0 aliphatic heterocycles. The Balaban J connectivity index is 1.97. The molecule has 0 saturated heterocycles. The van der Waals surface area contributed by atoms with Crippen LogP contribution in [0.3, 0.4) is 0 Å². The summed E-state index contributed by atoms with van der Waals surface area (Å²) in [6, 6.07) is 16.7. The summed E-state index contributed by atoms with van der Waals surface area (Å²) in [5, 5.41) is 0.741. The first-order chi connectivity index (χ1) is 11.5. The van der Waals surface area contributed by atoms with E-state index in [0.29, 0.717) is 19.6 Å². The maximum Gasteiger partial charge on any atom is 0.240 e. The first-order valence-electron chi connectivity index (χ1n) is 7.82. The van der Waals surface area contributed by atoms with Crippen LogP contribution in [0.4, 0.5) is 0 Å². The zero-order chi connectivity index (χ0) is 17.4. The van der Waals surface area contributed by atoms with Crippen molar-refractivity contribution in [3.05, 3.63) is 65.7 Å². The Labute approximate surface area is 152 Å². The fraction of sp³-hybridized carbons (Fsp3) is 0.333. The zero-order valence-electron chi connectivity index (χ0n) is 13.6. The highest BCUT2D eigenvalue weighted by Gasteiger charge is 2.16. The molecule has 0 heterocycles. The minimum Gasteiger partial charge on any atom is -0.373 e. The van der Waals surface area contributed by atoms with Gasteiger partial charge < -0.3 is 4.74 Å². The van der Waals surface area contributed by atoms with E-state index >= 15 is 0 Å². The van der Waals surface area contributed by atoms with Crippen molar-refractivity contribution in [2.75, 3.05) is 18.5 Å². The summed E-state index contributed by atoms with van der Waals surface area (Å²) < 4.78 is 33.1. The molecule has 0 unspecified atom stereocenters. The molecular weight excluding hydrogens is 390 g/mol. The predicted octanol–water partition coefficient (Wildman–Crippen LogP) is 3.82. The number of halogens is 1. The molecule has 0 aliphatic carbocycles. The number of aryl methyl sites for hydroxylation is 1. The second-order valence-corrected chi connectivity index (χ2v) is 8.02. The molecule has 2 rings (SSSR count). The van der Waals surface area contributed by atoms with E-state index in [9.17, 15) is 8.42 Å². The molecule has 2 aromatic rings. The van der Waals surface area contributed by atoms with Crippen LogP contribution in [0.5, 0.6) is 0 Å². The van der Waals surface area contributed by atoms with Gasteiger partial charge in [0.2, 0.25) is 10.0 Å². The molecular formula is C18H22BrNO3S. The van der Waals surface area contributed by atoms with E-state index < -0.39 is 10.0 Å². The van der Waals surface area contributed by atoms with E-state index in [0.717, 1.165) is 16.5 Å². The summed E-state index contributed by atoms with van der Waals surface area (Å²) in [5.74, 6) is 0. The predicted molar refractivity (Wildman–Crippen MR) is 99.9 cm³/mol. The fourth-order valence-electron chi connectivity index (χ4n) is 2.33. The van der Waals surface area contributed by atoms with Crippen molar-refractivity contribution in [3.8, 4) is 0 Å². The Morgan fingerprint density at radius 2 is 1.75 bits per heavy atom. The van der Waals surface area contributed by atoms with Crippen molar-refractivity contribution in [2.45, 2.75) is 24.3 Å². The Bertz CT molecular complexity index is 718. The lowest BCUT2D eigenvalue weighted by Gasteiger charge is -2.18. The molecule has 2 aromatic carbocycles. The molecule has 4 nitrogen and oxygen atoms in total. The van der Waals surface area contributed by atoms with Crippen molar-refractivity contribution >= 4 is 26.0 Å².